The zero-order chi connectivity index (χ0) is 20.5. The molecule has 1 N–H and O–H groups in total. The first kappa shape index (κ1) is 18.2. The van der Waals surface area contributed by atoms with E-state index in [2.05, 4.69) is 20.3 Å². The van der Waals surface area contributed by atoms with Crippen LogP contribution < -0.4 is 15.0 Å². The van der Waals surface area contributed by atoms with Crippen LogP contribution in [0.15, 0.2) is 67.1 Å². The summed E-state index contributed by atoms with van der Waals surface area (Å²) in [6.07, 6.45) is 3.73. The molecule has 3 heterocycles. The Morgan fingerprint density at radius 3 is 2.83 bits per heavy atom. The Kier molecular flexibility index (Phi) is 4.55. The van der Waals surface area contributed by atoms with Crippen LogP contribution in [-0.2, 0) is 11.2 Å². The van der Waals surface area contributed by atoms with Crippen LogP contribution in [0, 0.1) is 0 Å². The highest BCUT2D eigenvalue weighted by atomic mass is 16.5. The van der Waals surface area contributed by atoms with Gasteiger partial charge in [-0.25, -0.2) is 9.50 Å². The lowest BCUT2D eigenvalue weighted by Crippen LogP contribution is -2.28. The summed E-state index contributed by atoms with van der Waals surface area (Å²) in [5.41, 5.74) is 5.67. The molecule has 0 spiro atoms. The van der Waals surface area contributed by atoms with Crippen LogP contribution in [0.2, 0.25) is 0 Å². The molecule has 0 bridgehead atoms. The Morgan fingerprint density at radius 2 is 1.97 bits per heavy atom. The maximum atomic E-state index is 12.5. The Balaban J connectivity index is 1.26. The number of amides is 1. The van der Waals surface area contributed by atoms with Gasteiger partial charge in [-0.15, -0.1) is 0 Å². The number of fused-ring (bicyclic) bond motifs is 2. The monoisotopic (exact) mass is 399 g/mol. The van der Waals surface area contributed by atoms with Crippen molar-refractivity contribution in [3.63, 3.8) is 0 Å². The molecule has 1 aliphatic rings. The van der Waals surface area contributed by atoms with Crippen LogP contribution in [0.4, 0.5) is 11.4 Å². The van der Waals surface area contributed by atoms with E-state index >= 15 is 0 Å². The number of hydrogen-bond acceptors (Lipinski definition) is 5. The summed E-state index contributed by atoms with van der Waals surface area (Å²) in [5, 5.41) is 7.08. The van der Waals surface area contributed by atoms with E-state index in [0.29, 0.717) is 13.0 Å². The van der Waals surface area contributed by atoms with E-state index in [1.165, 1.54) is 6.33 Å². The van der Waals surface area contributed by atoms with Crippen molar-refractivity contribution in [3.8, 4) is 16.9 Å². The quantitative estimate of drug-likeness (QED) is 0.569. The lowest BCUT2D eigenvalue weighted by atomic mass is 10.0. The van der Waals surface area contributed by atoms with Gasteiger partial charge < -0.3 is 15.0 Å². The van der Waals surface area contributed by atoms with Crippen molar-refractivity contribution in [1.29, 1.82) is 0 Å². The summed E-state index contributed by atoms with van der Waals surface area (Å²) in [7, 11) is 2.04. The molecule has 0 aliphatic carbocycles. The average Bonchev–Trinajstić information content (AvgIpc) is 3.22. The number of benzene rings is 2. The molecule has 7 nitrogen and oxygen atoms in total. The second-order valence-electron chi connectivity index (χ2n) is 7.35. The highest BCUT2D eigenvalue weighted by molar-refractivity contribution is 5.93. The highest BCUT2D eigenvalue weighted by Gasteiger charge is 2.15. The number of pyridine rings is 1. The molecule has 2 aromatic heterocycles. The Hall–Kier alpha value is -3.87. The largest absolute Gasteiger partial charge is 0.489 e. The van der Waals surface area contributed by atoms with E-state index in [0.717, 1.165) is 46.0 Å². The molecule has 0 saturated carbocycles. The van der Waals surface area contributed by atoms with Crippen molar-refractivity contribution in [3.05, 3.63) is 72.7 Å². The minimum absolute atomic E-state index is 0.0586. The summed E-state index contributed by atoms with van der Waals surface area (Å²) < 4.78 is 7.44. The second kappa shape index (κ2) is 7.51. The molecule has 1 aliphatic heterocycles. The molecule has 7 heteroatoms. The normalized spacial score (nSPS) is 13.0. The number of carbonyl (C=O) groups excluding carboxylic acids is 1. The highest BCUT2D eigenvalue weighted by Crippen LogP contribution is 2.33. The van der Waals surface area contributed by atoms with Gasteiger partial charge in [0.1, 0.15) is 18.7 Å². The molecule has 150 valence electrons. The maximum Gasteiger partial charge on any atom is 0.228 e. The zero-order valence-electron chi connectivity index (χ0n) is 16.6. The fraction of sp³-hybridized carbons (Fsp3) is 0.174. The van der Waals surface area contributed by atoms with Crippen LogP contribution in [0.1, 0.15) is 5.56 Å². The minimum Gasteiger partial charge on any atom is -0.489 e. The molecule has 30 heavy (non-hydrogen) atoms. The summed E-state index contributed by atoms with van der Waals surface area (Å²) in [6.45, 7) is 1.51. The molecule has 0 saturated heterocycles. The van der Waals surface area contributed by atoms with Gasteiger partial charge in [-0.2, -0.15) is 5.10 Å². The van der Waals surface area contributed by atoms with Crippen molar-refractivity contribution in [2.24, 2.45) is 0 Å². The molecule has 1 amide bonds. The molecular formula is C23H21N5O2. The number of nitrogens with zero attached hydrogens (tertiary/aromatic N) is 4. The van der Waals surface area contributed by atoms with Gasteiger partial charge in [0.15, 0.2) is 5.65 Å². The first-order valence-electron chi connectivity index (χ1n) is 9.82. The first-order chi connectivity index (χ1) is 14.7. The molecule has 0 fully saturated rings. The topological polar surface area (TPSA) is 71.8 Å². The number of aromatic nitrogens is 3. The molecule has 2 aromatic carbocycles. The van der Waals surface area contributed by atoms with Gasteiger partial charge in [-0.3, -0.25) is 4.79 Å². The molecule has 0 radical (unpaired) electrons. The standard InChI is InChI=1S/C23H21N5O2/c1-27-10-11-30-21-14-19(6-7-20(21)27)26-23(29)12-16-2-4-17(5-3-16)18-8-9-28-22(13-18)24-15-25-28/h2-9,13-15H,10-12H2,1H3,(H,26,29). The van der Waals surface area contributed by atoms with Crippen LogP contribution in [0.3, 0.4) is 0 Å². The van der Waals surface area contributed by atoms with Crippen LogP contribution in [0.5, 0.6) is 5.75 Å². The van der Waals surface area contributed by atoms with E-state index < -0.39 is 0 Å². The van der Waals surface area contributed by atoms with Crippen molar-refractivity contribution in [1.82, 2.24) is 14.6 Å². The Morgan fingerprint density at radius 1 is 1.10 bits per heavy atom. The molecule has 0 unspecified atom stereocenters. The third-order valence-corrected chi connectivity index (χ3v) is 5.27. The van der Waals surface area contributed by atoms with Gasteiger partial charge >= 0.3 is 0 Å². The van der Waals surface area contributed by atoms with E-state index in [-0.39, 0.29) is 5.91 Å². The van der Waals surface area contributed by atoms with Crippen molar-refractivity contribution in [2.75, 3.05) is 30.4 Å². The Labute approximate surface area is 173 Å². The predicted molar refractivity (Wildman–Crippen MR) is 116 cm³/mol. The number of carbonyl (C=O) groups is 1. The lowest BCUT2D eigenvalue weighted by molar-refractivity contribution is -0.115. The third kappa shape index (κ3) is 3.57. The number of hydrogen-bond donors (Lipinski definition) is 1. The molecule has 0 atom stereocenters. The van der Waals surface area contributed by atoms with E-state index in [4.69, 9.17) is 4.74 Å². The summed E-state index contributed by atoms with van der Waals surface area (Å²) in [5.74, 6) is 0.743. The van der Waals surface area contributed by atoms with Crippen LogP contribution in [-0.4, -0.2) is 40.7 Å². The van der Waals surface area contributed by atoms with Crippen molar-refractivity contribution >= 4 is 22.9 Å². The smallest absolute Gasteiger partial charge is 0.228 e. The summed E-state index contributed by atoms with van der Waals surface area (Å²) >= 11 is 0. The SMILES string of the molecule is CN1CCOc2cc(NC(=O)Cc3ccc(-c4ccn5ncnc5c4)cc3)ccc21. The van der Waals surface area contributed by atoms with Gasteiger partial charge in [0, 0.05) is 25.0 Å². The zero-order valence-corrected chi connectivity index (χ0v) is 16.6. The van der Waals surface area contributed by atoms with E-state index in [1.54, 1.807) is 4.52 Å². The van der Waals surface area contributed by atoms with E-state index in [9.17, 15) is 4.79 Å². The number of ether oxygens (including phenoxy) is 1. The van der Waals surface area contributed by atoms with Crippen LogP contribution in [0.25, 0.3) is 16.8 Å². The third-order valence-electron chi connectivity index (χ3n) is 5.27. The number of rotatable bonds is 4. The van der Waals surface area contributed by atoms with Gasteiger partial charge in [-0.1, -0.05) is 24.3 Å². The number of anilines is 2. The van der Waals surface area contributed by atoms with Gasteiger partial charge in [-0.05, 0) is 41.0 Å². The van der Waals surface area contributed by atoms with Gasteiger partial charge in [0.05, 0.1) is 18.7 Å². The maximum absolute atomic E-state index is 12.5. The minimum atomic E-state index is -0.0586. The summed E-state index contributed by atoms with van der Waals surface area (Å²) in [6, 6.07) is 17.8. The molecule has 5 rings (SSSR count). The fourth-order valence-corrected chi connectivity index (χ4v) is 3.64. The van der Waals surface area contributed by atoms with Crippen LogP contribution >= 0.6 is 0 Å². The molecule has 4 aromatic rings. The number of likely N-dealkylation sites (N-methyl/N-ethyl adjacent to an activating group) is 1. The van der Waals surface area contributed by atoms with Gasteiger partial charge in [0.2, 0.25) is 5.91 Å². The van der Waals surface area contributed by atoms with Crippen molar-refractivity contribution in [2.45, 2.75) is 6.42 Å². The summed E-state index contributed by atoms with van der Waals surface area (Å²) in [4.78, 5) is 18.9. The fourth-order valence-electron chi connectivity index (χ4n) is 3.64. The van der Waals surface area contributed by atoms with Crippen molar-refractivity contribution < 1.29 is 9.53 Å². The second-order valence-corrected chi connectivity index (χ2v) is 7.35. The first-order valence-corrected chi connectivity index (χ1v) is 9.82. The molecular weight excluding hydrogens is 378 g/mol. The predicted octanol–water partition coefficient (Wildman–Crippen LogP) is 3.41. The average molecular weight is 399 g/mol. The van der Waals surface area contributed by atoms with Gasteiger partial charge in [0.25, 0.3) is 0 Å². The van der Waals surface area contributed by atoms with E-state index in [1.807, 2.05) is 67.8 Å². The Bertz CT molecular complexity index is 1220. The lowest BCUT2D eigenvalue weighted by Gasteiger charge is -2.27. The number of nitrogens with one attached hydrogen (secondary N) is 1.